The molecule has 6 nitrogen and oxygen atoms in total. The number of hydrogen-bond acceptors (Lipinski definition) is 4. The zero-order chi connectivity index (χ0) is 18.8. The Morgan fingerprint density at radius 2 is 2.11 bits per heavy atom. The Bertz CT molecular complexity index is 1070. The van der Waals surface area contributed by atoms with E-state index in [-0.39, 0.29) is 11.7 Å². The minimum absolute atomic E-state index is 0.275. The average Bonchev–Trinajstić information content (AvgIpc) is 3.38. The molecule has 0 aliphatic heterocycles. The van der Waals surface area contributed by atoms with Gasteiger partial charge in [0.15, 0.2) is 5.69 Å². The van der Waals surface area contributed by atoms with Crippen molar-refractivity contribution in [3.8, 4) is 10.6 Å². The fourth-order valence-corrected chi connectivity index (χ4v) is 3.54. The molecule has 3 heterocycles. The van der Waals surface area contributed by atoms with E-state index in [1.54, 1.807) is 40.5 Å². The summed E-state index contributed by atoms with van der Waals surface area (Å²) in [5, 5.41) is 16.1. The quantitative estimate of drug-likeness (QED) is 0.547. The van der Waals surface area contributed by atoms with E-state index < -0.39 is 0 Å². The van der Waals surface area contributed by atoms with E-state index in [9.17, 15) is 9.18 Å². The van der Waals surface area contributed by atoms with Gasteiger partial charge in [-0.05, 0) is 36.1 Å². The summed E-state index contributed by atoms with van der Waals surface area (Å²) in [6, 6.07) is 10.2. The lowest BCUT2D eigenvalue weighted by molar-refractivity contribution is 0.102. The van der Waals surface area contributed by atoms with Gasteiger partial charge < -0.3 is 5.32 Å². The fourth-order valence-electron chi connectivity index (χ4n) is 2.76. The van der Waals surface area contributed by atoms with Crippen LogP contribution in [0.5, 0.6) is 0 Å². The van der Waals surface area contributed by atoms with E-state index >= 15 is 0 Å². The summed E-state index contributed by atoms with van der Waals surface area (Å²) in [5.74, 6) is -0.573. The summed E-state index contributed by atoms with van der Waals surface area (Å²) in [7, 11) is 0. The van der Waals surface area contributed by atoms with Crippen LogP contribution in [0, 0.1) is 12.7 Å². The van der Waals surface area contributed by atoms with Crippen molar-refractivity contribution in [3.63, 3.8) is 0 Å². The molecule has 4 rings (SSSR count). The van der Waals surface area contributed by atoms with Gasteiger partial charge in [-0.3, -0.25) is 14.6 Å². The van der Waals surface area contributed by atoms with Gasteiger partial charge in [0.2, 0.25) is 0 Å². The Morgan fingerprint density at radius 3 is 2.85 bits per heavy atom. The number of halogens is 1. The van der Waals surface area contributed by atoms with Crippen molar-refractivity contribution in [1.82, 2.24) is 20.0 Å². The lowest BCUT2D eigenvalue weighted by Crippen LogP contribution is -2.13. The molecule has 0 bridgehead atoms. The number of hydrogen-bond donors (Lipinski definition) is 2. The molecule has 136 valence electrons. The SMILES string of the molecule is Cc1c(C(=O)Nc2cnn(Cc3ccc(F)cc3)c2)n[nH]c1-c1cccs1. The summed E-state index contributed by atoms with van der Waals surface area (Å²) in [5.41, 5.74) is 3.49. The normalized spacial score (nSPS) is 10.9. The number of rotatable bonds is 5. The molecule has 0 radical (unpaired) electrons. The smallest absolute Gasteiger partial charge is 0.276 e. The zero-order valence-corrected chi connectivity index (χ0v) is 15.3. The third-order valence-electron chi connectivity index (χ3n) is 4.14. The van der Waals surface area contributed by atoms with Crippen LogP contribution in [0.3, 0.4) is 0 Å². The standard InChI is InChI=1S/C19H16FN5OS/c1-12-17(16-3-2-8-27-16)23-24-18(12)19(26)22-15-9-21-25(11-15)10-13-4-6-14(20)7-5-13/h2-9,11H,10H2,1H3,(H,22,26)(H,23,24). The third-order valence-corrected chi connectivity index (χ3v) is 5.03. The zero-order valence-electron chi connectivity index (χ0n) is 14.4. The Morgan fingerprint density at radius 1 is 1.30 bits per heavy atom. The minimum atomic E-state index is -0.298. The predicted molar refractivity (Wildman–Crippen MR) is 102 cm³/mol. The Hall–Kier alpha value is -3.26. The maximum Gasteiger partial charge on any atom is 0.276 e. The maximum absolute atomic E-state index is 13.0. The molecule has 0 saturated carbocycles. The first kappa shape index (κ1) is 17.2. The minimum Gasteiger partial charge on any atom is -0.318 e. The molecule has 0 aliphatic carbocycles. The third kappa shape index (κ3) is 3.65. The van der Waals surface area contributed by atoms with E-state index in [4.69, 9.17) is 0 Å². The highest BCUT2D eigenvalue weighted by Crippen LogP contribution is 2.27. The van der Waals surface area contributed by atoms with Crippen LogP contribution in [-0.4, -0.2) is 25.9 Å². The van der Waals surface area contributed by atoms with Crippen LogP contribution in [0.25, 0.3) is 10.6 Å². The molecule has 3 aromatic heterocycles. The maximum atomic E-state index is 13.0. The van der Waals surface area contributed by atoms with Gasteiger partial charge in [0.05, 0.1) is 29.0 Å². The van der Waals surface area contributed by atoms with Crippen molar-refractivity contribution in [2.75, 3.05) is 5.32 Å². The van der Waals surface area contributed by atoms with Gasteiger partial charge in [-0.15, -0.1) is 11.3 Å². The van der Waals surface area contributed by atoms with Crippen molar-refractivity contribution in [3.05, 3.63) is 76.8 Å². The predicted octanol–water partition coefficient (Wildman–Crippen LogP) is 4.08. The van der Waals surface area contributed by atoms with Crippen LogP contribution < -0.4 is 5.32 Å². The van der Waals surface area contributed by atoms with Crippen molar-refractivity contribution < 1.29 is 9.18 Å². The van der Waals surface area contributed by atoms with Gasteiger partial charge in [-0.1, -0.05) is 18.2 Å². The van der Waals surface area contributed by atoms with Crippen LogP contribution >= 0.6 is 11.3 Å². The molecule has 0 atom stereocenters. The number of amides is 1. The molecule has 0 aliphatic rings. The first-order valence-corrected chi connectivity index (χ1v) is 9.15. The van der Waals surface area contributed by atoms with Crippen LogP contribution in [-0.2, 0) is 6.54 Å². The van der Waals surface area contributed by atoms with Crippen LogP contribution in [0.2, 0.25) is 0 Å². The monoisotopic (exact) mass is 381 g/mol. The number of nitrogens with zero attached hydrogens (tertiary/aromatic N) is 3. The number of aromatic amines is 1. The summed E-state index contributed by atoms with van der Waals surface area (Å²) < 4.78 is 14.7. The molecule has 4 aromatic rings. The van der Waals surface area contributed by atoms with Gasteiger partial charge in [-0.25, -0.2) is 4.39 Å². The van der Waals surface area contributed by atoms with Gasteiger partial charge >= 0.3 is 0 Å². The van der Waals surface area contributed by atoms with Crippen LogP contribution in [0.15, 0.2) is 54.2 Å². The van der Waals surface area contributed by atoms with E-state index in [1.807, 2.05) is 24.4 Å². The van der Waals surface area contributed by atoms with Crippen molar-refractivity contribution in [2.45, 2.75) is 13.5 Å². The Kier molecular flexibility index (Phi) is 4.55. The van der Waals surface area contributed by atoms with Gasteiger partial charge in [0.1, 0.15) is 5.82 Å². The van der Waals surface area contributed by atoms with Crippen molar-refractivity contribution in [1.29, 1.82) is 0 Å². The number of thiophene rings is 1. The summed E-state index contributed by atoms with van der Waals surface area (Å²) in [6.45, 7) is 2.35. The molecule has 1 aromatic carbocycles. The number of carbonyl (C=O) groups excluding carboxylic acids is 1. The summed E-state index contributed by atoms with van der Waals surface area (Å²) >= 11 is 1.58. The first-order valence-electron chi connectivity index (χ1n) is 8.27. The number of nitrogens with one attached hydrogen (secondary N) is 2. The first-order chi connectivity index (χ1) is 13.1. The molecule has 0 fully saturated rings. The Balaban J connectivity index is 1.46. The highest BCUT2D eigenvalue weighted by atomic mass is 32.1. The lowest BCUT2D eigenvalue weighted by atomic mass is 10.1. The molecule has 0 unspecified atom stereocenters. The largest absolute Gasteiger partial charge is 0.318 e. The van der Waals surface area contributed by atoms with Crippen LogP contribution in [0.4, 0.5) is 10.1 Å². The van der Waals surface area contributed by atoms with E-state index in [1.165, 1.54) is 12.1 Å². The summed E-state index contributed by atoms with van der Waals surface area (Å²) in [6.07, 6.45) is 3.30. The Labute approximate surface area is 158 Å². The molecule has 27 heavy (non-hydrogen) atoms. The topological polar surface area (TPSA) is 75.6 Å². The van der Waals surface area contributed by atoms with Crippen molar-refractivity contribution >= 4 is 22.9 Å². The second kappa shape index (κ2) is 7.16. The highest BCUT2D eigenvalue weighted by Gasteiger charge is 2.18. The second-order valence-corrected chi connectivity index (χ2v) is 7.00. The number of H-pyrrole nitrogens is 1. The van der Waals surface area contributed by atoms with E-state index in [0.717, 1.165) is 21.7 Å². The average molecular weight is 381 g/mol. The van der Waals surface area contributed by atoms with Crippen LogP contribution in [0.1, 0.15) is 21.6 Å². The lowest BCUT2D eigenvalue weighted by Gasteiger charge is -2.02. The number of aromatic nitrogens is 4. The molecule has 2 N–H and O–H groups in total. The molecule has 0 saturated heterocycles. The van der Waals surface area contributed by atoms with Gasteiger partial charge in [0.25, 0.3) is 5.91 Å². The highest BCUT2D eigenvalue weighted by molar-refractivity contribution is 7.13. The molecule has 0 spiro atoms. The molecule has 8 heteroatoms. The number of benzene rings is 1. The number of anilines is 1. The van der Waals surface area contributed by atoms with E-state index in [2.05, 4.69) is 20.6 Å². The molecular weight excluding hydrogens is 365 g/mol. The van der Waals surface area contributed by atoms with Gasteiger partial charge in [-0.2, -0.15) is 10.2 Å². The summed E-state index contributed by atoms with van der Waals surface area (Å²) in [4.78, 5) is 13.6. The van der Waals surface area contributed by atoms with Crippen molar-refractivity contribution in [2.24, 2.45) is 0 Å². The fraction of sp³-hybridized carbons (Fsp3) is 0.105. The van der Waals surface area contributed by atoms with Gasteiger partial charge in [0, 0.05) is 11.8 Å². The second-order valence-electron chi connectivity index (χ2n) is 6.06. The molecular formula is C19H16FN5OS. The van der Waals surface area contributed by atoms with E-state index in [0.29, 0.717) is 17.9 Å². The number of carbonyl (C=O) groups is 1. The molecule has 1 amide bonds.